The molecule has 0 spiro atoms. The fraction of sp³-hybridized carbons (Fsp3) is 0.800. The van der Waals surface area contributed by atoms with E-state index in [2.05, 4.69) is 12.7 Å². The van der Waals surface area contributed by atoms with E-state index >= 15 is 0 Å². The molecule has 6 heteroatoms. The molecule has 0 bridgehead atoms. The van der Waals surface area contributed by atoms with Gasteiger partial charge >= 0.3 is 35.5 Å². The molecule has 0 fully saturated rings. The Kier molecular flexibility index (Phi) is 22.9. The first kappa shape index (κ1) is 21.2. The molecule has 0 aliphatic carbocycles. The molecule has 90 valence electrons. The van der Waals surface area contributed by atoms with Gasteiger partial charge in [0.15, 0.2) is 0 Å². The van der Waals surface area contributed by atoms with Crippen LogP contribution in [-0.2, 0) is 9.59 Å². The first-order chi connectivity index (χ1) is 7.04. The Labute approximate surface area is 119 Å². The van der Waals surface area contributed by atoms with Crippen LogP contribution < -0.4 is 40.4 Å². The molecule has 0 heterocycles. The standard InChI is InChI=1S/C8H16O2.C2H5NO2.Na/c1-2-3-4-5-6-7-8(9)10;3-1-2(4)5;/h2-7H2,1H3,(H,9,10);1,3H2,(H,4,5);/q;;+1/p-1. The predicted molar refractivity (Wildman–Crippen MR) is 55.1 cm³/mol. The third-order valence-electron chi connectivity index (χ3n) is 1.66. The topological polar surface area (TPSA) is 103 Å². The maximum atomic E-state index is 10.0. The second-order valence-electron chi connectivity index (χ2n) is 3.13. The van der Waals surface area contributed by atoms with Gasteiger partial charge in [-0.05, 0) is 6.42 Å². The van der Waals surface area contributed by atoms with Gasteiger partial charge in [0.25, 0.3) is 0 Å². The maximum absolute atomic E-state index is 10.0. The SMILES string of the molecule is CCCCCCCC(=O)O.NCC(=O)[O-].[Na+]. The summed E-state index contributed by atoms with van der Waals surface area (Å²) in [6, 6.07) is 0. The van der Waals surface area contributed by atoms with Crippen LogP contribution in [-0.4, -0.2) is 23.6 Å². The number of rotatable bonds is 7. The van der Waals surface area contributed by atoms with Gasteiger partial charge in [0.2, 0.25) is 0 Å². The van der Waals surface area contributed by atoms with Gasteiger partial charge in [0.1, 0.15) is 0 Å². The molecule has 0 atom stereocenters. The van der Waals surface area contributed by atoms with Crippen molar-refractivity contribution in [3.05, 3.63) is 0 Å². The van der Waals surface area contributed by atoms with Gasteiger partial charge in [-0.25, -0.2) is 0 Å². The Bertz CT molecular complexity index is 176. The van der Waals surface area contributed by atoms with E-state index in [9.17, 15) is 4.79 Å². The molecule has 5 nitrogen and oxygen atoms in total. The summed E-state index contributed by atoms with van der Waals surface area (Å²) in [5.74, 6) is -1.89. The number of hydrogen-bond acceptors (Lipinski definition) is 4. The summed E-state index contributed by atoms with van der Waals surface area (Å²) in [5, 5.41) is 17.4. The summed E-state index contributed by atoms with van der Waals surface area (Å²) in [6.07, 6.45) is 5.88. The minimum Gasteiger partial charge on any atom is -0.549 e. The molecule has 0 aliphatic rings. The van der Waals surface area contributed by atoms with E-state index in [-0.39, 0.29) is 36.1 Å². The maximum Gasteiger partial charge on any atom is 1.00 e. The van der Waals surface area contributed by atoms with Crippen LogP contribution in [0.15, 0.2) is 0 Å². The number of nitrogens with two attached hydrogens (primary N) is 1. The van der Waals surface area contributed by atoms with Crippen LogP contribution in [0.2, 0.25) is 0 Å². The van der Waals surface area contributed by atoms with Crippen molar-refractivity contribution in [1.29, 1.82) is 0 Å². The first-order valence-electron chi connectivity index (χ1n) is 5.16. The van der Waals surface area contributed by atoms with Crippen molar-refractivity contribution in [3.8, 4) is 0 Å². The van der Waals surface area contributed by atoms with Crippen molar-refractivity contribution < 1.29 is 49.4 Å². The fourth-order valence-corrected chi connectivity index (χ4v) is 0.880. The number of carboxylic acids is 2. The molecule has 0 aromatic carbocycles. The third kappa shape index (κ3) is 29.2. The van der Waals surface area contributed by atoms with Crippen LogP contribution in [0.1, 0.15) is 45.4 Å². The first-order valence-corrected chi connectivity index (χ1v) is 5.16. The zero-order chi connectivity index (χ0) is 12.1. The number of carbonyl (C=O) groups is 2. The van der Waals surface area contributed by atoms with Crippen molar-refractivity contribution in [1.82, 2.24) is 0 Å². The molecule has 0 aliphatic heterocycles. The van der Waals surface area contributed by atoms with Crippen molar-refractivity contribution in [2.45, 2.75) is 45.4 Å². The third-order valence-corrected chi connectivity index (χ3v) is 1.66. The average molecular weight is 241 g/mol. The van der Waals surface area contributed by atoms with E-state index in [0.717, 1.165) is 12.8 Å². The molecular formula is C10H20NNaO4. The minimum absolute atomic E-state index is 0. The quantitative estimate of drug-likeness (QED) is 0.368. The van der Waals surface area contributed by atoms with Crippen molar-refractivity contribution in [3.63, 3.8) is 0 Å². The van der Waals surface area contributed by atoms with Crippen LogP contribution in [0.5, 0.6) is 0 Å². The van der Waals surface area contributed by atoms with Gasteiger partial charge in [-0.3, -0.25) is 4.79 Å². The van der Waals surface area contributed by atoms with Gasteiger partial charge in [0, 0.05) is 13.0 Å². The second kappa shape index (κ2) is 17.3. The van der Waals surface area contributed by atoms with E-state index in [1.54, 1.807) is 0 Å². The second-order valence-corrected chi connectivity index (χ2v) is 3.13. The summed E-state index contributed by atoms with van der Waals surface area (Å²) < 4.78 is 0. The van der Waals surface area contributed by atoms with E-state index < -0.39 is 11.9 Å². The Morgan fingerprint density at radius 1 is 1.19 bits per heavy atom. The summed E-state index contributed by atoms with van der Waals surface area (Å²) in [7, 11) is 0. The summed E-state index contributed by atoms with van der Waals surface area (Å²) in [5.41, 5.74) is 4.51. The molecule has 0 saturated carbocycles. The Balaban J connectivity index is -0.000000242. The smallest absolute Gasteiger partial charge is 0.549 e. The molecule has 0 amide bonds. The van der Waals surface area contributed by atoms with Gasteiger partial charge in [-0.15, -0.1) is 0 Å². The molecule has 3 N–H and O–H groups in total. The summed E-state index contributed by atoms with van der Waals surface area (Å²) in [4.78, 5) is 19.2. The summed E-state index contributed by atoms with van der Waals surface area (Å²) >= 11 is 0. The molecule has 16 heavy (non-hydrogen) atoms. The molecular weight excluding hydrogens is 221 g/mol. The van der Waals surface area contributed by atoms with Gasteiger partial charge in [-0.2, -0.15) is 0 Å². The summed E-state index contributed by atoms with van der Waals surface area (Å²) in [6.45, 7) is 1.76. The Hall–Kier alpha value is -0.100. The van der Waals surface area contributed by atoms with E-state index in [4.69, 9.17) is 15.0 Å². The Morgan fingerprint density at radius 3 is 1.94 bits per heavy atom. The molecule has 0 aromatic heterocycles. The number of unbranched alkanes of at least 4 members (excludes halogenated alkanes) is 4. The van der Waals surface area contributed by atoms with Crippen LogP contribution in [0, 0.1) is 0 Å². The monoisotopic (exact) mass is 241 g/mol. The van der Waals surface area contributed by atoms with Crippen LogP contribution >= 0.6 is 0 Å². The minimum atomic E-state index is -1.22. The van der Waals surface area contributed by atoms with Crippen molar-refractivity contribution in [2.75, 3.05) is 6.54 Å². The van der Waals surface area contributed by atoms with Crippen LogP contribution in [0.4, 0.5) is 0 Å². The molecule has 0 unspecified atom stereocenters. The largest absolute Gasteiger partial charge is 1.00 e. The van der Waals surface area contributed by atoms with Gasteiger partial charge in [-0.1, -0.05) is 32.6 Å². The van der Waals surface area contributed by atoms with Crippen molar-refractivity contribution in [2.24, 2.45) is 5.73 Å². The van der Waals surface area contributed by atoms with Crippen LogP contribution in [0.3, 0.4) is 0 Å². The Morgan fingerprint density at radius 2 is 1.62 bits per heavy atom. The number of carboxylic acid groups (broad SMARTS) is 2. The zero-order valence-corrected chi connectivity index (χ0v) is 12.2. The van der Waals surface area contributed by atoms with E-state index in [1.165, 1.54) is 19.3 Å². The predicted octanol–water partition coefficient (Wildman–Crippen LogP) is -2.87. The fourth-order valence-electron chi connectivity index (χ4n) is 0.880. The average Bonchev–Trinajstić information content (AvgIpc) is 2.18. The molecule has 0 rings (SSSR count). The number of hydrogen-bond donors (Lipinski definition) is 2. The van der Waals surface area contributed by atoms with Crippen molar-refractivity contribution >= 4 is 11.9 Å². The zero-order valence-electron chi connectivity index (χ0n) is 10.2. The van der Waals surface area contributed by atoms with Gasteiger partial charge < -0.3 is 20.7 Å². The number of carbonyl (C=O) groups excluding carboxylic acids is 1. The molecule has 0 radical (unpaired) electrons. The number of aliphatic carboxylic acids is 2. The van der Waals surface area contributed by atoms with E-state index in [1.807, 2.05) is 0 Å². The normalized spacial score (nSPS) is 8.38. The molecule has 0 saturated heterocycles. The van der Waals surface area contributed by atoms with E-state index in [0.29, 0.717) is 6.42 Å². The van der Waals surface area contributed by atoms with Crippen LogP contribution in [0.25, 0.3) is 0 Å². The molecule has 0 aromatic rings. The van der Waals surface area contributed by atoms with Gasteiger partial charge in [0.05, 0.1) is 5.97 Å².